The first-order valence-electron chi connectivity index (χ1n) is 11.9. The van der Waals surface area contributed by atoms with Crippen molar-refractivity contribution in [3.8, 4) is 22.7 Å². The number of hydrogen-bond donors (Lipinski definition) is 0. The number of carbonyl (C=O) groups is 1. The van der Waals surface area contributed by atoms with Crippen molar-refractivity contribution in [2.24, 2.45) is 0 Å². The van der Waals surface area contributed by atoms with Crippen molar-refractivity contribution in [1.29, 1.82) is 0 Å². The Morgan fingerprint density at radius 2 is 1.64 bits per heavy atom. The second kappa shape index (κ2) is 10.2. The number of para-hydroxylation sites is 1. The molecule has 9 nitrogen and oxygen atoms in total. The van der Waals surface area contributed by atoms with Crippen LogP contribution in [0, 0.1) is 0 Å². The third kappa shape index (κ3) is 4.57. The number of fused-ring (bicyclic) bond motifs is 1. The summed E-state index contributed by atoms with van der Waals surface area (Å²) in [5.74, 6) is 0.689. The Labute approximate surface area is 209 Å². The monoisotopic (exact) mass is 487 g/mol. The zero-order valence-corrected chi connectivity index (χ0v) is 20.5. The topological polar surface area (TPSA) is 81.8 Å². The van der Waals surface area contributed by atoms with Gasteiger partial charge >= 0.3 is 0 Å². The molecule has 186 valence electrons. The molecule has 3 heterocycles. The number of benzene rings is 2. The van der Waals surface area contributed by atoms with Crippen molar-refractivity contribution in [3.63, 3.8) is 0 Å². The molecule has 3 aliphatic heterocycles. The van der Waals surface area contributed by atoms with Gasteiger partial charge in [-0.1, -0.05) is 18.2 Å². The molecule has 0 unspecified atom stereocenters. The normalized spacial score (nSPS) is 13.8. The van der Waals surface area contributed by atoms with Crippen LogP contribution in [0.15, 0.2) is 71.8 Å². The van der Waals surface area contributed by atoms with E-state index in [1.54, 1.807) is 26.6 Å². The Hall–Kier alpha value is -4.11. The van der Waals surface area contributed by atoms with E-state index in [4.69, 9.17) is 9.47 Å². The molecule has 2 aromatic rings. The first-order chi connectivity index (χ1) is 17.6. The van der Waals surface area contributed by atoms with E-state index in [1.165, 1.54) is 4.68 Å². The SMILES string of the molecule is COCCn1cc(C(=O)N2CCN(c3ccc(OC)cc3)CC2)c2nn(-c3ccccc3)c(=O)c-2c1. The van der Waals surface area contributed by atoms with Gasteiger partial charge in [0.15, 0.2) is 0 Å². The average Bonchev–Trinajstić information content (AvgIpc) is 3.28. The van der Waals surface area contributed by atoms with Gasteiger partial charge < -0.3 is 23.8 Å². The number of aromatic nitrogens is 3. The molecule has 3 aliphatic rings. The lowest BCUT2D eigenvalue weighted by Gasteiger charge is -2.36. The molecule has 1 fully saturated rings. The summed E-state index contributed by atoms with van der Waals surface area (Å²) >= 11 is 0. The lowest BCUT2D eigenvalue weighted by atomic mass is 10.1. The maximum atomic E-state index is 13.7. The van der Waals surface area contributed by atoms with Crippen LogP contribution in [0.3, 0.4) is 0 Å². The molecule has 0 atom stereocenters. The highest BCUT2D eigenvalue weighted by molar-refractivity contribution is 6.00. The van der Waals surface area contributed by atoms with Gasteiger partial charge in [0.2, 0.25) is 0 Å². The standard InChI is InChI=1S/C27H29N5O4/c1-35-17-16-29-18-23(25-24(19-29)27(34)32(28-25)21-6-4-3-5-7-21)26(33)31-14-12-30(13-15-31)20-8-10-22(36-2)11-9-20/h3-11,18-19H,12-17H2,1-2H3. The fraction of sp³-hybridized carbons (Fsp3) is 0.296. The third-order valence-corrected chi connectivity index (χ3v) is 6.51. The Bertz CT molecular complexity index is 1360. The summed E-state index contributed by atoms with van der Waals surface area (Å²) in [5, 5.41) is 4.59. The maximum absolute atomic E-state index is 13.7. The highest BCUT2D eigenvalue weighted by Crippen LogP contribution is 2.25. The van der Waals surface area contributed by atoms with E-state index in [9.17, 15) is 9.59 Å². The average molecular weight is 488 g/mol. The largest absolute Gasteiger partial charge is 0.497 e. The molecule has 1 amide bonds. The van der Waals surface area contributed by atoms with E-state index in [-0.39, 0.29) is 11.5 Å². The fourth-order valence-corrected chi connectivity index (χ4v) is 4.52. The molecule has 0 radical (unpaired) electrons. The highest BCUT2D eigenvalue weighted by Gasteiger charge is 2.29. The minimum absolute atomic E-state index is 0.126. The van der Waals surface area contributed by atoms with Crippen molar-refractivity contribution in [3.05, 3.63) is 82.9 Å². The highest BCUT2D eigenvalue weighted by atomic mass is 16.5. The number of piperazine rings is 1. The van der Waals surface area contributed by atoms with Crippen molar-refractivity contribution in [2.75, 3.05) is 51.9 Å². The quantitative estimate of drug-likeness (QED) is 0.399. The zero-order chi connectivity index (χ0) is 25.1. The van der Waals surface area contributed by atoms with Crippen LogP contribution in [0.4, 0.5) is 5.69 Å². The van der Waals surface area contributed by atoms with Gasteiger partial charge in [0.1, 0.15) is 11.4 Å². The minimum Gasteiger partial charge on any atom is -0.497 e. The number of methoxy groups -OCH3 is 2. The second-order valence-corrected chi connectivity index (χ2v) is 8.69. The summed E-state index contributed by atoms with van der Waals surface area (Å²) < 4.78 is 13.7. The summed E-state index contributed by atoms with van der Waals surface area (Å²) in [6.07, 6.45) is 3.53. The predicted molar refractivity (Wildman–Crippen MR) is 137 cm³/mol. The smallest absolute Gasteiger partial charge is 0.282 e. The molecule has 9 heteroatoms. The summed E-state index contributed by atoms with van der Waals surface area (Å²) in [4.78, 5) is 31.1. The van der Waals surface area contributed by atoms with Crippen LogP contribution in [0.1, 0.15) is 10.4 Å². The van der Waals surface area contributed by atoms with Crippen LogP contribution in [-0.2, 0) is 11.3 Å². The van der Waals surface area contributed by atoms with E-state index in [1.807, 2.05) is 64.1 Å². The van der Waals surface area contributed by atoms with Crippen LogP contribution < -0.4 is 15.2 Å². The van der Waals surface area contributed by atoms with Crippen molar-refractivity contribution < 1.29 is 14.3 Å². The molecule has 0 saturated carbocycles. The van der Waals surface area contributed by atoms with Crippen molar-refractivity contribution >= 4 is 11.6 Å². The Morgan fingerprint density at radius 3 is 2.31 bits per heavy atom. The molecule has 0 bridgehead atoms. The van der Waals surface area contributed by atoms with Crippen LogP contribution in [0.25, 0.3) is 16.9 Å². The molecule has 0 aromatic heterocycles. The first kappa shape index (κ1) is 23.6. The van der Waals surface area contributed by atoms with E-state index in [0.717, 1.165) is 11.4 Å². The van der Waals surface area contributed by atoms with Crippen LogP contribution in [0.2, 0.25) is 0 Å². The second-order valence-electron chi connectivity index (χ2n) is 8.69. The molecule has 0 N–H and O–H groups in total. The Morgan fingerprint density at radius 1 is 0.917 bits per heavy atom. The molecule has 36 heavy (non-hydrogen) atoms. The van der Waals surface area contributed by atoms with Crippen LogP contribution >= 0.6 is 0 Å². The predicted octanol–water partition coefficient (Wildman–Crippen LogP) is 2.76. The van der Waals surface area contributed by atoms with Gasteiger partial charge in [-0.05, 0) is 36.4 Å². The molecule has 0 spiro atoms. The molecule has 5 rings (SSSR count). The van der Waals surface area contributed by atoms with Crippen LogP contribution in [0.5, 0.6) is 5.75 Å². The van der Waals surface area contributed by atoms with Gasteiger partial charge in [-0.25, -0.2) is 0 Å². The fourth-order valence-electron chi connectivity index (χ4n) is 4.52. The number of anilines is 1. The molecular formula is C27H29N5O4. The number of rotatable bonds is 7. The zero-order valence-electron chi connectivity index (χ0n) is 20.5. The van der Waals surface area contributed by atoms with Gasteiger partial charge in [-0.15, -0.1) is 0 Å². The Kier molecular flexibility index (Phi) is 6.73. The van der Waals surface area contributed by atoms with E-state index in [2.05, 4.69) is 10.00 Å². The number of nitrogens with zero attached hydrogens (tertiary/aromatic N) is 5. The summed E-state index contributed by atoms with van der Waals surface area (Å²) in [6, 6.07) is 17.2. The van der Waals surface area contributed by atoms with Crippen molar-refractivity contribution in [2.45, 2.75) is 6.54 Å². The number of pyridine rings is 1. The van der Waals surface area contributed by atoms with Gasteiger partial charge in [-0.3, -0.25) is 9.59 Å². The summed E-state index contributed by atoms with van der Waals surface area (Å²) in [7, 11) is 3.28. The molecule has 0 aliphatic carbocycles. The number of ether oxygens (including phenoxy) is 2. The maximum Gasteiger partial charge on any atom is 0.282 e. The first-order valence-corrected chi connectivity index (χ1v) is 11.9. The molecular weight excluding hydrogens is 458 g/mol. The number of carbonyl (C=O) groups excluding carboxylic acids is 1. The summed E-state index contributed by atoms with van der Waals surface area (Å²) in [5.41, 5.74) is 2.76. The van der Waals surface area contributed by atoms with Gasteiger partial charge in [0, 0.05) is 57.9 Å². The summed E-state index contributed by atoms with van der Waals surface area (Å²) in [6.45, 7) is 3.55. The van der Waals surface area contributed by atoms with Crippen LogP contribution in [-0.4, -0.2) is 72.2 Å². The van der Waals surface area contributed by atoms with Gasteiger partial charge in [0.25, 0.3) is 11.5 Å². The van der Waals surface area contributed by atoms with Crippen molar-refractivity contribution in [1.82, 2.24) is 19.2 Å². The molecule has 1 saturated heterocycles. The van der Waals surface area contributed by atoms with Gasteiger partial charge in [-0.2, -0.15) is 9.78 Å². The number of amides is 1. The van der Waals surface area contributed by atoms with Gasteiger partial charge in [0.05, 0.1) is 30.5 Å². The van der Waals surface area contributed by atoms with E-state index >= 15 is 0 Å². The lowest BCUT2D eigenvalue weighted by Crippen LogP contribution is -2.49. The third-order valence-electron chi connectivity index (χ3n) is 6.51. The Balaban J connectivity index is 1.43. The molecule has 2 aromatic carbocycles. The number of hydrogen-bond acceptors (Lipinski definition) is 6. The minimum atomic E-state index is -0.249. The van der Waals surface area contributed by atoms with E-state index < -0.39 is 0 Å². The van der Waals surface area contributed by atoms with E-state index in [0.29, 0.717) is 61.8 Å². The lowest BCUT2D eigenvalue weighted by molar-refractivity contribution is 0.0746.